The second-order valence-corrected chi connectivity index (χ2v) is 4.50. The van der Waals surface area contributed by atoms with Crippen LogP contribution in [0.5, 0.6) is 5.75 Å². The van der Waals surface area contributed by atoms with Gasteiger partial charge in [0.2, 0.25) is 6.29 Å². The summed E-state index contributed by atoms with van der Waals surface area (Å²) < 4.78 is 10.9. The van der Waals surface area contributed by atoms with Gasteiger partial charge in [0.15, 0.2) is 0 Å². The molecule has 1 saturated heterocycles. The van der Waals surface area contributed by atoms with Gasteiger partial charge >= 0.3 is 0 Å². The van der Waals surface area contributed by atoms with Crippen molar-refractivity contribution in [1.29, 1.82) is 0 Å². The number of benzene rings is 1. The van der Waals surface area contributed by atoms with Gasteiger partial charge in [0, 0.05) is 6.42 Å². The molecule has 0 spiro atoms. The molecule has 106 valence electrons. The molecule has 0 bridgehead atoms. The van der Waals surface area contributed by atoms with Crippen LogP contribution in [0.2, 0.25) is 0 Å². The van der Waals surface area contributed by atoms with E-state index in [2.05, 4.69) is 0 Å². The number of aliphatic hydroxyl groups is 4. The van der Waals surface area contributed by atoms with E-state index < -0.39 is 24.6 Å². The Hall–Kier alpha value is -1.18. The van der Waals surface area contributed by atoms with Crippen LogP contribution in [0.3, 0.4) is 0 Å². The third-order valence-electron chi connectivity index (χ3n) is 3.09. The molecular formula is C13H18O6. The fourth-order valence-electron chi connectivity index (χ4n) is 1.97. The van der Waals surface area contributed by atoms with Crippen LogP contribution in [0.25, 0.3) is 0 Å². The molecule has 1 aliphatic heterocycles. The normalized spacial score (nSPS) is 31.2. The largest absolute Gasteiger partial charge is 0.465 e. The lowest BCUT2D eigenvalue weighted by molar-refractivity contribution is -0.229. The molecule has 0 amide bonds. The minimum Gasteiger partial charge on any atom is -0.465 e. The standard InChI is InChI=1S/C13H18O6/c14-6-8-1-3-9(4-2-8)18-12-5-10(16)13(17)11(7-15)19-12/h1-4,10-17H,5-7H2. The van der Waals surface area contributed by atoms with Crippen molar-refractivity contribution in [2.75, 3.05) is 6.61 Å². The monoisotopic (exact) mass is 270 g/mol. The van der Waals surface area contributed by atoms with Crippen LogP contribution in [0, 0.1) is 0 Å². The van der Waals surface area contributed by atoms with Crippen LogP contribution < -0.4 is 4.74 Å². The Labute approximate surface area is 110 Å². The fraction of sp³-hybridized carbons (Fsp3) is 0.538. The van der Waals surface area contributed by atoms with Gasteiger partial charge in [-0.25, -0.2) is 0 Å². The Kier molecular flexibility index (Phi) is 4.73. The Morgan fingerprint density at radius 3 is 2.42 bits per heavy atom. The third kappa shape index (κ3) is 3.43. The molecule has 6 nitrogen and oxygen atoms in total. The first-order valence-corrected chi connectivity index (χ1v) is 6.13. The average molecular weight is 270 g/mol. The van der Waals surface area contributed by atoms with Crippen LogP contribution in [0.4, 0.5) is 0 Å². The predicted molar refractivity (Wildman–Crippen MR) is 65.4 cm³/mol. The molecule has 1 aromatic rings. The zero-order chi connectivity index (χ0) is 13.8. The summed E-state index contributed by atoms with van der Waals surface area (Å²) in [6.45, 7) is -0.431. The number of hydrogen-bond acceptors (Lipinski definition) is 6. The van der Waals surface area contributed by atoms with Gasteiger partial charge in [0.1, 0.15) is 18.0 Å². The van der Waals surface area contributed by atoms with Crippen molar-refractivity contribution >= 4 is 0 Å². The molecule has 4 atom stereocenters. The van der Waals surface area contributed by atoms with Gasteiger partial charge in [-0.1, -0.05) is 12.1 Å². The highest BCUT2D eigenvalue weighted by molar-refractivity contribution is 5.26. The quantitative estimate of drug-likeness (QED) is 0.582. The van der Waals surface area contributed by atoms with Gasteiger partial charge < -0.3 is 29.9 Å². The second kappa shape index (κ2) is 6.31. The summed E-state index contributed by atoms with van der Waals surface area (Å²) in [5, 5.41) is 37.2. The van der Waals surface area contributed by atoms with Gasteiger partial charge in [0.25, 0.3) is 0 Å². The van der Waals surface area contributed by atoms with Crippen molar-refractivity contribution in [2.24, 2.45) is 0 Å². The Balaban J connectivity index is 1.98. The summed E-state index contributed by atoms with van der Waals surface area (Å²) in [5.41, 5.74) is 0.764. The van der Waals surface area contributed by atoms with Crippen molar-refractivity contribution in [3.05, 3.63) is 29.8 Å². The van der Waals surface area contributed by atoms with Crippen LogP contribution in [-0.4, -0.2) is 51.6 Å². The number of ether oxygens (including phenoxy) is 2. The summed E-state index contributed by atoms with van der Waals surface area (Å²) >= 11 is 0. The van der Waals surface area contributed by atoms with Gasteiger partial charge in [-0.3, -0.25) is 0 Å². The van der Waals surface area contributed by atoms with E-state index in [-0.39, 0.29) is 19.6 Å². The van der Waals surface area contributed by atoms with Gasteiger partial charge in [-0.15, -0.1) is 0 Å². The third-order valence-corrected chi connectivity index (χ3v) is 3.09. The fourth-order valence-corrected chi connectivity index (χ4v) is 1.97. The van der Waals surface area contributed by atoms with Gasteiger partial charge in [-0.2, -0.15) is 0 Å². The second-order valence-electron chi connectivity index (χ2n) is 4.50. The molecule has 1 fully saturated rings. The molecule has 0 aliphatic carbocycles. The lowest BCUT2D eigenvalue weighted by atomic mass is 10.0. The molecule has 0 aromatic heterocycles. The minimum absolute atomic E-state index is 0.0439. The van der Waals surface area contributed by atoms with Crippen molar-refractivity contribution in [3.63, 3.8) is 0 Å². The molecule has 1 aromatic carbocycles. The molecule has 4 unspecified atom stereocenters. The molecule has 1 aliphatic rings. The van der Waals surface area contributed by atoms with E-state index in [4.69, 9.17) is 19.7 Å². The van der Waals surface area contributed by atoms with E-state index in [1.54, 1.807) is 24.3 Å². The van der Waals surface area contributed by atoms with E-state index in [1.165, 1.54) is 0 Å². The molecule has 0 saturated carbocycles. The Morgan fingerprint density at radius 2 is 1.84 bits per heavy atom. The summed E-state index contributed by atoms with van der Waals surface area (Å²) in [4.78, 5) is 0. The van der Waals surface area contributed by atoms with Crippen LogP contribution in [0.1, 0.15) is 12.0 Å². The molecule has 6 heteroatoms. The Morgan fingerprint density at radius 1 is 1.16 bits per heavy atom. The molecule has 0 radical (unpaired) electrons. The first-order chi connectivity index (χ1) is 9.13. The van der Waals surface area contributed by atoms with Crippen molar-refractivity contribution in [3.8, 4) is 5.75 Å². The molecular weight excluding hydrogens is 252 g/mol. The zero-order valence-corrected chi connectivity index (χ0v) is 10.3. The van der Waals surface area contributed by atoms with Crippen molar-refractivity contribution < 1.29 is 29.9 Å². The smallest absolute Gasteiger partial charge is 0.202 e. The predicted octanol–water partition coefficient (Wildman–Crippen LogP) is -0.613. The van der Waals surface area contributed by atoms with E-state index in [1.807, 2.05) is 0 Å². The van der Waals surface area contributed by atoms with E-state index in [0.29, 0.717) is 5.75 Å². The van der Waals surface area contributed by atoms with Crippen molar-refractivity contribution in [2.45, 2.75) is 37.6 Å². The zero-order valence-electron chi connectivity index (χ0n) is 10.3. The maximum Gasteiger partial charge on any atom is 0.202 e. The Bertz CT molecular complexity index is 393. The lowest BCUT2D eigenvalue weighted by Gasteiger charge is -2.36. The van der Waals surface area contributed by atoms with E-state index in [0.717, 1.165) is 5.56 Å². The van der Waals surface area contributed by atoms with Crippen LogP contribution in [-0.2, 0) is 11.3 Å². The molecule has 4 N–H and O–H groups in total. The first-order valence-electron chi connectivity index (χ1n) is 6.13. The highest BCUT2D eigenvalue weighted by Gasteiger charge is 2.37. The lowest BCUT2D eigenvalue weighted by Crippen LogP contribution is -2.51. The summed E-state index contributed by atoms with van der Waals surface area (Å²) in [6.07, 6.45) is -3.56. The minimum atomic E-state index is -1.11. The van der Waals surface area contributed by atoms with Crippen LogP contribution >= 0.6 is 0 Å². The number of rotatable bonds is 4. The summed E-state index contributed by atoms with van der Waals surface area (Å²) in [6, 6.07) is 6.79. The summed E-state index contributed by atoms with van der Waals surface area (Å²) in [5.74, 6) is 0.530. The maximum atomic E-state index is 9.66. The molecule has 1 heterocycles. The highest BCUT2D eigenvalue weighted by atomic mass is 16.7. The average Bonchev–Trinajstić information content (AvgIpc) is 2.43. The first kappa shape index (κ1) is 14.2. The summed E-state index contributed by atoms with van der Waals surface area (Å²) in [7, 11) is 0. The molecule has 2 rings (SSSR count). The molecule has 19 heavy (non-hydrogen) atoms. The maximum absolute atomic E-state index is 9.66. The van der Waals surface area contributed by atoms with Crippen molar-refractivity contribution in [1.82, 2.24) is 0 Å². The highest BCUT2D eigenvalue weighted by Crippen LogP contribution is 2.23. The van der Waals surface area contributed by atoms with Gasteiger partial charge in [0.05, 0.1) is 19.3 Å². The van der Waals surface area contributed by atoms with E-state index >= 15 is 0 Å². The number of hydrogen-bond donors (Lipinski definition) is 4. The number of aliphatic hydroxyl groups excluding tert-OH is 4. The van der Waals surface area contributed by atoms with Crippen LogP contribution in [0.15, 0.2) is 24.3 Å². The van der Waals surface area contributed by atoms with Gasteiger partial charge in [-0.05, 0) is 17.7 Å². The topological polar surface area (TPSA) is 99.4 Å². The van der Waals surface area contributed by atoms with E-state index in [9.17, 15) is 10.2 Å². The SMILES string of the molecule is OCc1ccc(OC2CC(O)C(O)C(CO)O2)cc1.